The summed E-state index contributed by atoms with van der Waals surface area (Å²) in [6, 6.07) is 3.13. The molecular weight excluding hydrogens is 225 g/mol. The van der Waals surface area contributed by atoms with Crippen molar-refractivity contribution < 1.29 is 20.5 Å². The fourth-order valence-electron chi connectivity index (χ4n) is 1.40. The van der Waals surface area contributed by atoms with Crippen molar-refractivity contribution in [3.63, 3.8) is 0 Å². The molecule has 1 aromatic rings. The molecule has 0 saturated carbocycles. The molecule has 4 nitrogen and oxygen atoms in total. The quantitative estimate of drug-likeness (QED) is 0.832. The Kier molecular flexibility index (Phi) is 3.69. The molecule has 0 unspecified atom stereocenters. The molecule has 1 atom stereocenters. The molecule has 1 amide bonds. The molecule has 1 aromatic carbocycles. The van der Waals surface area contributed by atoms with Crippen molar-refractivity contribution >= 4 is 11.9 Å². The van der Waals surface area contributed by atoms with Gasteiger partial charge in [0.1, 0.15) is 11.9 Å². The van der Waals surface area contributed by atoms with E-state index in [0.29, 0.717) is 5.56 Å². The Morgan fingerprint density at radius 1 is 1.59 bits per heavy atom. The lowest BCUT2D eigenvalue weighted by atomic mass is 10.0. The van der Waals surface area contributed by atoms with Gasteiger partial charge in [0.15, 0.2) is 0 Å². The van der Waals surface area contributed by atoms with Crippen LogP contribution < -0.4 is 5.32 Å². The van der Waals surface area contributed by atoms with Crippen LogP contribution >= 0.6 is 0 Å². The van der Waals surface area contributed by atoms with Gasteiger partial charge >= 0.3 is 5.97 Å². The molecule has 0 radical (unpaired) electrons. The predicted octanol–water partition coefficient (Wildman–Crippen LogP) is 1.27. The second-order valence-electron chi connectivity index (χ2n) is 3.72. The van der Waals surface area contributed by atoms with Crippen molar-refractivity contribution in [2.24, 2.45) is 0 Å². The van der Waals surface area contributed by atoms with E-state index < -0.39 is 23.7 Å². The Hall–Kier alpha value is -1.91. The maximum absolute atomic E-state index is 13.4. The molecule has 0 bridgehead atoms. The molecule has 0 saturated heterocycles. The Balaban J connectivity index is 2.84. The highest BCUT2D eigenvalue weighted by molar-refractivity contribution is 5.82. The lowest BCUT2D eigenvalue weighted by Crippen LogP contribution is -2.41. The van der Waals surface area contributed by atoms with Crippen LogP contribution in [0.4, 0.5) is 4.39 Å². The molecule has 5 heteroatoms. The summed E-state index contributed by atoms with van der Waals surface area (Å²) in [6.45, 7) is 1.06. The van der Waals surface area contributed by atoms with Gasteiger partial charge in [-0.1, -0.05) is 12.1 Å². The van der Waals surface area contributed by atoms with Crippen LogP contribution in [0.3, 0.4) is 0 Å². The average Bonchev–Trinajstić information content (AvgIpc) is 2.27. The van der Waals surface area contributed by atoms with Gasteiger partial charge in [-0.3, -0.25) is 4.79 Å². The minimum Gasteiger partial charge on any atom is -0.480 e. The fourth-order valence-corrected chi connectivity index (χ4v) is 1.40. The van der Waals surface area contributed by atoms with Gasteiger partial charge in [0.05, 0.1) is 0 Å². The zero-order valence-corrected chi connectivity index (χ0v) is 9.37. The number of benzene rings is 1. The van der Waals surface area contributed by atoms with E-state index in [2.05, 4.69) is 5.32 Å². The van der Waals surface area contributed by atoms with Gasteiger partial charge in [-0.25, -0.2) is 9.18 Å². The topological polar surface area (TPSA) is 66.4 Å². The lowest BCUT2D eigenvalue weighted by Gasteiger charge is -2.13. The molecule has 0 aliphatic carbocycles. The first kappa shape index (κ1) is 11.6. The van der Waals surface area contributed by atoms with E-state index in [9.17, 15) is 14.0 Å². The summed E-state index contributed by atoms with van der Waals surface area (Å²) in [5.74, 6) is -2.16. The number of aryl methyl sites for hydroxylation is 1. The number of carbonyl (C=O) groups is 2. The van der Waals surface area contributed by atoms with E-state index in [1.54, 1.807) is 6.07 Å². The van der Waals surface area contributed by atoms with E-state index in [4.69, 9.17) is 6.48 Å². The van der Waals surface area contributed by atoms with Crippen LogP contribution in [0, 0.1) is 12.7 Å². The number of carbonyl (C=O) groups excluding carboxylic acids is 1. The van der Waals surface area contributed by atoms with E-state index in [1.807, 2.05) is 0 Å². The molecule has 2 N–H and O–H groups in total. The van der Waals surface area contributed by atoms with Crippen LogP contribution in [0.2, 0.25) is 0 Å². The smallest absolute Gasteiger partial charge is 0.326 e. The van der Waals surface area contributed by atoms with E-state index >= 15 is 0 Å². The van der Waals surface area contributed by atoms with Gasteiger partial charge in [-0.15, -0.1) is 0 Å². The first-order valence-electron chi connectivity index (χ1n) is 5.71. The van der Waals surface area contributed by atoms with E-state index in [1.165, 1.54) is 19.1 Å². The van der Waals surface area contributed by atoms with Gasteiger partial charge in [0.2, 0.25) is 5.91 Å². The standard InChI is InChI=1S/C12H14FNO3/c1-7-3-4-9(5-10(7)13)6-11(12(16)17)14-8(2)15/h3-5,11H,6H2,1-2H3,(H,14,15)(H,16,17)/t11-/m0/s1/i1D. The normalized spacial score (nSPS) is 12.7. The molecular formula is C12H14FNO3. The average molecular weight is 240 g/mol. The number of halogens is 1. The van der Waals surface area contributed by atoms with Crippen LogP contribution in [-0.2, 0) is 16.0 Å². The maximum atomic E-state index is 13.4. The molecule has 1 rings (SSSR count). The number of aliphatic carboxylic acids is 1. The Bertz CT molecular complexity index is 465. The van der Waals surface area contributed by atoms with Crippen LogP contribution in [0.15, 0.2) is 18.2 Å². The van der Waals surface area contributed by atoms with Gasteiger partial charge in [0, 0.05) is 14.7 Å². The highest BCUT2D eigenvalue weighted by Gasteiger charge is 2.19. The zero-order valence-electron chi connectivity index (χ0n) is 10.4. The van der Waals surface area contributed by atoms with Crippen molar-refractivity contribution in [3.05, 3.63) is 35.1 Å². The second kappa shape index (κ2) is 5.43. The summed E-state index contributed by atoms with van der Waals surface area (Å²) in [7, 11) is 0. The van der Waals surface area contributed by atoms with Crippen molar-refractivity contribution in [2.75, 3.05) is 0 Å². The molecule has 17 heavy (non-hydrogen) atoms. The molecule has 92 valence electrons. The molecule has 0 aliphatic rings. The Morgan fingerprint density at radius 2 is 2.29 bits per heavy atom. The molecule has 0 aliphatic heterocycles. The lowest BCUT2D eigenvalue weighted by molar-refractivity contribution is -0.141. The maximum Gasteiger partial charge on any atom is 0.326 e. The summed E-state index contributed by atoms with van der Waals surface area (Å²) in [5.41, 5.74) is 0.719. The van der Waals surface area contributed by atoms with Crippen LogP contribution in [0.1, 0.15) is 19.4 Å². The summed E-state index contributed by atoms with van der Waals surface area (Å²) < 4.78 is 20.5. The van der Waals surface area contributed by atoms with Gasteiger partial charge in [-0.05, 0) is 24.1 Å². The van der Waals surface area contributed by atoms with Crippen molar-refractivity contribution in [1.29, 1.82) is 0 Å². The first-order chi connectivity index (χ1) is 8.43. The number of nitrogens with one attached hydrogen (secondary N) is 1. The third-order valence-corrected chi connectivity index (χ3v) is 2.23. The summed E-state index contributed by atoms with van der Waals surface area (Å²) in [5, 5.41) is 11.2. The number of carboxylic acids is 1. The number of hydrogen-bond donors (Lipinski definition) is 2. The number of rotatable bonds is 4. The minimum absolute atomic E-state index is 0.00408. The number of carboxylic acid groups (broad SMARTS) is 1. The second-order valence-corrected chi connectivity index (χ2v) is 3.72. The third kappa shape index (κ3) is 3.86. The highest BCUT2D eigenvalue weighted by atomic mass is 19.1. The first-order valence-corrected chi connectivity index (χ1v) is 5.00. The van der Waals surface area contributed by atoms with Crippen LogP contribution in [-0.4, -0.2) is 23.0 Å². The highest BCUT2D eigenvalue weighted by Crippen LogP contribution is 2.11. The van der Waals surface area contributed by atoms with E-state index in [0.717, 1.165) is 0 Å². The monoisotopic (exact) mass is 240 g/mol. The fraction of sp³-hybridized carbons (Fsp3) is 0.333. The molecule has 0 aromatic heterocycles. The SMILES string of the molecule is [2H]Cc1ccc(C[C@H](NC(C)=O)C(=O)O)cc1F. The van der Waals surface area contributed by atoms with Gasteiger partial charge in [-0.2, -0.15) is 0 Å². The van der Waals surface area contributed by atoms with Gasteiger partial charge in [0.25, 0.3) is 0 Å². The Labute approximate surface area is 99.9 Å². The van der Waals surface area contributed by atoms with Gasteiger partial charge < -0.3 is 10.4 Å². The Morgan fingerprint density at radius 3 is 2.76 bits per heavy atom. The van der Waals surface area contributed by atoms with Crippen LogP contribution in [0.25, 0.3) is 0 Å². The molecule has 0 spiro atoms. The third-order valence-electron chi connectivity index (χ3n) is 2.23. The zero-order chi connectivity index (χ0) is 13.7. The molecule has 0 heterocycles. The van der Waals surface area contributed by atoms with Crippen LogP contribution in [0.5, 0.6) is 0 Å². The summed E-state index contributed by atoms with van der Waals surface area (Å²) in [4.78, 5) is 21.8. The van der Waals surface area contributed by atoms with Crippen molar-refractivity contribution in [1.82, 2.24) is 5.32 Å². The molecule has 0 fully saturated rings. The number of hydrogen-bond acceptors (Lipinski definition) is 2. The van der Waals surface area contributed by atoms with Crippen molar-refractivity contribution in [2.45, 2.75) is 26.3 Å². The summed E-state index contributed by atoms with van der Waals surface area (Å²) in [6.07, 6.45) is 0.00408. The largest absolute Gasteiger partial charge is 0.480 e. The van der Waals surface area contributed by atoms with E-state index in [-0.39, 0.29) is 18.9 Å². The predicted molar refractivity (Wildman–Crippen MR) is 60.1 cm³/mol. The summed E-state index contributed by atoms with van der Waals surface area (Å²) >= 11 is 0. The minimum atomic E-state index is -1.17. The van der Waals surface area contributed by atoms with Crippen molar-refractivity contribution in [3.8, 4) is 0 Å². The number of amides is 1.